The molecule has 0 spiro atoms. The molecule has 0 aromatic heterocycles. The third-order valence-corrected chi connectivity index (χ3v) is 6.19. The zero-order valence-corrected chi connectivity index (χ0v) is 19.9. The Labute approximate surface area is 194 Å². The smallest absolute Gasteiger partial charge is 0.203 e. The molecule has 1 N–H and O–H groups in total. The second-order valence-corrected chi connectivity index (χ2v) is 8.13. The first-order valence-electron chi connectivity index (χ1n) is 10.2. The number of nitrogens with one attached hydrogen (secondary N) is 1. The molecule has 1 aliphatic carbocycles. The molecule has 0 unspecified atom stereocenters. The van der Waals surface area contributed by atoms with Crippen LogP contribution in [0.15, 0.2) is 30.3 Å². The monoisotopic (exact) mass is 464 g/mol. The van der Waals surface area contributed by atoms with E-state index in [2.05, 4.69) is 10.2 Å². The number of thiocarbonyl (C=S) groups is 1. The van der Waals surface area contributed by atoms with E-state index in [1.807, 2.05) is 30.3 Å². The van der Waals surface area contributed by atoms with E-state index in [0.29, 0.717) is 45.7 Å². The molecule has 1 fully saturated rings. The van der Waals surface area contributed by atoms with Gasteiger partial charge in [0.1, 0.15) is 5.75 Å². The lowest BCUT2D eigenvalue weighted by Crippen LogP contribution is -2.41. The molecule has 0 atom stereocenters. The van der Waals surface area contributed by atoms with Crippen LogP contribution >= 0.6 is 23.8 Å². The normalized spacial score (nSPS) is 13.6. The zero-order chi connectivity index (χ0) is 22.4. The number of methoxy groups -OCH3 is 4. The third kappa shape index (κ3) is 5.28. The van der Waals surface area contributed by atoms with Crippen LogP contribution in [0.2, 0.25) is 5.02 Å². The first-order valence-corrected chi connectivity index (χ1v) is 11.0. The van der Waals surface area contributed by atoms with Gasteiger partial charge in [0.15, 0.2) is 16.6 Å². The summed E-state index contributed by atoms with van der Waals surface area (Å²) < 4.78 is 21.9. The van der Waals surface area contributed by atoms with Crippen molar-refractivity contribution in [2.75, 3.05) is 33.8 Å². The van der Waals surface area contributed by atoms with Crippen LogP contribution in [0, 0.1) is 0 Å². The van der Waals surface area contributed by atoms with E-state index in [1.165, 1.54) is 12.8 Å². The highest BCUT2D eigenvalue weighted by Crippen LogP contribution is 2.41. The topological polar surface area (TPSA) is 52.2 Å². The average Bonchev–Trinajstić information content (AvgIpc) is 3.31. The van der Waals surface area contributed by atoms with Crippen molar-refractivity contribution in [3.8, 4) is 23.0 Å². The van der Waals surface area contributed by atoms with Gasteiger partial charge >= 0.3 is 0 Å². The quantitative estimate of drug-likeness (QED) is 0.516. The van der Waals surface area contributed by atoms with Gasteiger partial charge in [0.25, 0.3) is 0 Å². The lowest BCUT2D eigenvalue weighted by atomic mass is 10.1. The number of benzene rings is 2. The number of hydrogen-bond acceptors (Lipinski definition) is 5. The fourth-order valence-electron chi connectivity index (χ4n) is 3.99. The van der Waals surface area contributed by atoms with Crippen molar-refractivity contribution in [3.05, 3.63) is 40.9 Å². The van der Waals surface area contributed by atoms with Gasteiger partial charge in [-0.05, 0) is 55.4 Å². The molecule has 0 heterocycles. The first-order chi connectivity index (χ1) is 15.0. The highest BCUT2D eigenvalue weighted by Gasteiger charge is 2.27. The second-order valence-electron chi connectivity index (χ2n) is 7.34. The Morgan fingerprint density at radius 3 is 2.19 bits per heavy atom. The maximum absolute atomic E-state index is 6.29. The van der Waals surface area contributed by atoms with Gasteiger partial charge in [-0.3, -0.25) is 0 Å². The molecule has 0 saturated heterocycles. The van der Waals surface area contributed by atoms with Gasteiger partial charge in [-0.15, -0.1) is 0 Å². The summed E-state index contributed by atoms with van der Waals surface area (Å²) >= 11 is 12.1. The molecule has 2 aromatic rings. The van der Waals surface area contributed by atoms with Crippen LogP contribution in [-0.4, -0.2) is 44.5 Å². The Morgan fingerprint density at radius 1 is 0.968 bits per heavy atom. The summed E-state index contributed by atoms with van der Waals surface area (Å²) in [6, 6.07) is 9.78. The van der Waals surface area contributed by atoms with Crippen molar-refractivity contribution < 1.29 is 18.9 Å². The Balaban J connectivity index is 1.88. The standard InChI is InChI=1S/C23H29ClN2O4S/c1-27-19-12-10-16(13-18(19)24)25-23(31)26(17-7-5-6-8-17)14-15-9-11-20(28-2)22(30-4)21(15)29-3/h9-13,17H,5-8,14H2,1-4H3,(H,25,31). The fraction of sp³-hybridized carbons (Fsp3) is 0.435. The van der Waals surface area contributed by atoms with Crippen LogP contribution < -0.4 is 24.3 Å². The molecule has 1 saturated carbocycles. The highest BCUT2D eigenvalue weighted by molar-refractivity contribution is 7.80. The number of halogens is 1. The SMILES string of the molecule is COc1ccc(NC(=S)N(Cc2ccc(OC)c(OC)c2OC)C2CCCC2)cc1Cl. The van der Waals surface area contributed by atoms with Crippen LogP contribution in [0.4, 0.5) is 5.69 Å². The molecule has 0 aliphatic heterocycles. The predicted octanol–water partition coefficient (Wildman–Crippen LogP) is 5.52. The van der Waals surface area contributed by atoms with Crippen molar-refractivity contribution in [2.45, 2.75) is 38.3 Å². The van der Waals surface area contributed by atoms with Gasteiger partial charge in [0.2, 0.25) is 5.75 Å². The molecule has 0 radical (unpaired) electrons. The van der Waals surface area contributed by atoms with Crippen molar-refractivity contribution in [3.63, 3.8) is 0 Å². The van der Waals surface area contributed by atoms with Gasteiger partial charge in [-0.25, -0.2) is 0 Å². The minimum absolute atomic E-state index is 0.353. The highest BCUT2D eigenvalue weighted by atomic mass is 35.5. The van der Waals surface area contributed by atoms with Crippen molar-refractivity contribution in [1.82, 2.24) is 4.90 Å². The maximum Gasteiger partial charge on any atom is 0.203 e. The summed E-state index contributed by atoms with van der Waals surface area (Å²) in [6.45, 7) is 0.587. The summed E-state index contributed by atoms with van der Waals surface area (Å²) in [6.07, 6.45) is 4.59. The molecule has 6 nitrogen and oxygen atoms in total. The first kappa shape index (κ1) is 23.3. The number of hydrogen-bond donors (Lipinski definition) is 1. The van der Waals surface area contributed by atoms with Crippen LogP contribution in [0.3, 0.4) is 0 Å². The van der Waals surface area contributed by atoms with E-state index in [1.54, 1.807) is 28.4 Å². The van der Waals surface area contributed by atoms with E-state index >= 15 is 0 Å². The number of ether oxygens (including phenoxy) is 4. The average molecular weight is 465 g/mol. The molecular formula is C23H29ClN2O4S. The predicted molar refractivity (Wildman–Crippen MR) is 128 cm³/mol. The molecule has 3 rings (SSSR count). The molecule has 168 valence electrons. The largest absolute Gasteiger partial charge is 0.495 e. The van der Waals surface area contributed by atoms with Crippen molar-refractivity contribution in [2.24, 2.45) is 0 Å². The summed E-state index contributed by atoms with van der Waals surface area (Å²) in [5.74, 6) is 2.49. The summed E-state index contributed by atoms with van der Waals surface area (Å²) in [5, 5.41) is 4.52. The number of nitrogens with zero attached hydrogens (tertiary/aromatic N) is 1. The Hall–Kier alpha value is -2.38. The van der Waals surface area contributed by atoms with E-state index in [4.69, 9.17) is 42.8 Å². The van der Waals surface area contributed by atoms with Gasteiger partial charge in [-0.1, -0.05) is 24.4 Å². The third-order valence-electron chi connectivity index (χ3n) is 5.56. The van der Waals surface area contributed by atoms with Crippen molar-refractivity contribution >= 4 is 34.6 Å². The van der Waals surface area contributed by atoms with Gasteiger partial charge in [-0.2, -0.15) is 0 Å². The summed E-state index contributed by atoms with van der Waals surface area (Å²) in [4.78, 5) is 2.23. The zero-order valence-electron chi connectivity index (χ0n) is 18.4. The molecule has 0 amide bonds. The molecule has 8 heteroatoms. The minimum Gasteiger partial charge on any atom is -0.495 e. The number of rotatable bonds is 8. The Kier molecular flexibility index (Phi) is 8.09. The van der Waals surface area contributed by atoms with Gasteiger partial charge in [0.05, 0.1) is 33.5 Å². The maximum atomic E-state index is 6.29. The second kappa shape index (κ2) is 10.8. The molecule has 1 aliphatic rings. The lowest BCUT2D eigenvalue weighted by molar-refractivity contribution is 0.295. The van der Waals surface area contributed by atoms with E-state index in [0.717, 1.165) is 24.1 Å². The van der Waals surface area contributed by atoms with E-state index in [9.17, 15) is 0 Å². The summed E-state index contributed by atoms with van der Waals surface area (Å²) in [5.41, 5.74) is 1.79. The Morgan fingerprint density at radius 2 is 1.61 bits per heavy atom. The van der Waals surface area contributed by atoms with Crippen LogP contribution in [0.5, 0.6) is 23.0 Å². The van der Waals surface area contributed by atoms with Gasteiger partial charge < -0.3 is 29.2 Å². The van der Waals surface area contributed by atoms with E-state index < -0.39 is 0 Å². The fourth-order valence-corrected chi connectivity index (χ4v) is 4.58. The van der Waals surface area contributed by atoms with E-state index in [-0.39, 0.29) is 0 Å². The van der Waals surface area contributed by atoms with Gasteiger partial charge in [0, 0.05) is 23.8 Å². The van der Waals surface area contributed by atoms with Crippen LogP contribution in [-0.2, 0) is 6.54 Å². The molecule has 0 bridgehead atoms. The van der Waals surface area contributed by atoms with Crippen molar-refractivity contribution in [1.29, 1.82) is 0 Å². The molecule has 2 aromatic carbocycles. The minimum atomic E-state index is 0.353. The lowest BCUT2D eigenvalue weighted by Gasteiger charge is -2.32. The van der Waals surface area contributed by atoms with Crippen LogP contribution in [0.25, 0.3) is 0 Å². The molecular weight excluding hydrogens is 436 g/mol. The summed E-state index contributed by atoms with van der Waals surface area (Å²) in [7, 11) is 6.45. The number of anilines is 1. The van der Waals surface area contributed by atoms with Crippen LogP contribution in [0.1, 0.15) is 31.2 Å². The molecule has 31 heavy (non-hydrogen) atoms. The Bertz CT molecular complexity index is 919.